The second-order valence-corrected chi connectivity index (χ2v) is 9.17. The topological polar surface area (TPSA) is 53.5 Å². The number of hydrogen-bond donors (Lipinski definition) is 0. The Hall–Kier alpha value is -1.75. The predicted molar refractivity (Wildman–Crippen MR) is 102 cm³/mol. The van der Waals surface area contributed by atoms with Crippen molar-refractivity contribution in [2.24, 2.45) is 10.8 Å². The van der Waals surface area contributed by atoms with Crippen molar-refractivity contribution in [3.8, 4) is 0 Å². The lowest BCUT2D eigenvalue weighted by molar-refractivity contribution is -0.129. The van der Waals surface area contributed by atoms with Crippen LogP contribution >= 0.6 is 0 Å². The molecule has 5 nitrogen and oxygen atoms in total. The summed E-state index contributed by atoms with van der Waals surface area (Å²) in [5.41, 5.74) is 0.662. The molecule has 0 radical (unpaired) electrons. The van der Waals surface area contributed by atoms with E-state index in [9.17, 15) is 9.59 Å². The van der Waals surface area contributed by atoms with E-state index in [1.54, 1.807) is 0 Å². The van der Waals surface area contributed by atoms with Crippen molar-refractivity contribution in [3.05, 3.63) is 30.1 Å². The Labute approximate surface area is 156 Å². The molecule has 1 aliphatic heterocycles. The van der Waals surface area contributed by atoms with E-state index >= 15 is 0 Å². The van der Waals surface area contributed by atoms with Gasteiger partial charge in [-0.2, -0.15) is 0 Å². The molecular weight excluding hydrogens is 326 g/mol. The van der Waals surface area contributed by atoms with Gasteiger partial charge in [-0.15, -0.1) is 0 Å². The molecule has 2 fully saturated rings. The van der Waals surface area contributed by atoms with Gasteiger partial charge in [0.05, 0.1) is 11.2 Å². The molecule has 1 aromatic rings. The summed E-state index contributed by atoms with van der Waals surface area (Å²) in [4.78, 5) is 32.7. The third kappa shape index (κ3) is 3.41. The Kier molecular flexibility index (Phi) is 4.95. The number of aldehydes is 1. The van der Waals surface area contributed by atoms with Crippen LogP contribution in [0.2, 0.25) is 0 Å². The molecule has 1 saturated heterocycles. The van der Waals surface area contributed by atoms with Gasteiger partial charge in [0.1, 0.15) is 6.29 Å². The van der Waals surface area contributed by atoms with Gasteiger partial charge in [-0.1, -0.05) is 19.9 Å². The zero-order chi connectivity index (χ0) is 19.0. The van der Waals surface area contributed by atoms with E-state index in [2.05, 4.69) is 36.1 Å². The standard InChI is InChI=1S/C21H31N3O2/c1-19(2,16-25)14-24-15-20(13-18(24)26)8-10-21(11-9-20,23(3)4)17-7-5-6-12-22-17/h5-7,12,16H,8-11,13-15H2,1-4H3. The molecule has 0 N–H and O–H groups in total. The van der Waals surface area contributed by atoms with Crippen molar-refractivity contribution in [2.75, 3.05) is 27.2 Å². The maximum Gasteiger partial charge on any atom is 0.223 e. The van der Waals surface area contributed by atoms with E-state index in [1.807, 2.05) is 31.0 Å². The number of carbonyl (C=O) groups excluding carboxylic acids is 2. The fourth-order valence-electron chi connectivity index (χ4n) is 4.75. The average molecular weight is 357 g/mol. The Morgan fingerprint density at radius 3 is 2.46 bits per heavy atom. The van der Waals surface area contributed by atoms with Crippen molar-refractivity contribution in [1.82, 2.24) is 14.8 Å². The molecule has 1 aromatic heterocycles. The van der Waals surface area contributed by atoms with Crippen LogP contribution in [0.3, 0.4) is 0 Å². The first-order chi connectivity index (χ1) is 12.2. The third-order valence-corrected chi connectivity index (χ3v) is 6.46. The third-order valence-electron chi connectivity index (χ3n) is 6.46. The molecule has 0 unspecified atom stereocenters. The lowest BCUT2D eigenvalue weighted by Crippen LogP contribution is -2.48. The van der Waals surface area contributed by atoms with Crippen LogP contribution in [0.4, 0.5) is 0 Å². The molecule has 1 saturated carbocycles. The van der Waals surface area contributed by atoms with Crippen LogP contribution in [0.15, 0.2) is 24.4 Å². The van der Waals surface area contributed by atoms with Crippen LogP contribution < -0.4 is 0 Å². The second kappa shape index (κ2) is 6.76. The van der Waals surface area contributed by atoms with Gasteiger partial charge in [0.15, 0.2) is 0 Å². The molecule has 0 aromatic carbocycles. The quantitative estimate of drug-likeness (QED) is 0.761. The van der Waals surface area contributed by atoms with Crippen molar-refractivity contribution in [3.63, 3.8) is 0 Å². The van der Waals surface area contributed by atoms with Crippen molar-refractivity contribution in [2.45, 2.75) is 51.5 Å². The molecule has 0 atom stereocenters. The lowest BCUT2D eigenvalue weighted by atomic mass is 9.65. The average Bonchev–Trinajstić information content (AvgIpc) is 2.91. The molecule has 1 amide bonds. The predicted octanol–water partition coefficient (Wildman–Crippen LogP) is 2.86. The summed E-state index contributed by atoms with van der Waals surface area (Å²) in [5.74, 6) is 0.204. The van der Waals surface area contributed by atoms with E-state index in [1.165, 1.54) is 0 Å². The summed E-state index contributed by atoms with van der Waals surface area (Å²) in [7, 11) is 4.26. The Morgan fingerprint density at radius 2 is 1.92 bits per heavy atom. The first kappa shape index (κ1) is 19.0. The van der Waals surface area contributed by atoms with Gasteiger partial charge in [-0.05, 0) is 57.3 Å². The smallest absolute Gasteiger partial charge is 0.223 e. The number of amides is 1. The van der Waals surface area contributed by atoms with Crippen LogP contribution in [0.1, 0.15) is 51.6 Å². The van der Waals surface area contributed by atoms with E-state index in [4.69, 9.17) is 0 Å². The fourth-order valence-corrected chi connectivity index (χ4v) is 4.75. The maximum absolute atomic E-state index is 12.6. The van der Waals surface area contributed by atoms with Gasteiger partial charge < -0.3 is 9.69 Å². The van der Waals surface area contributed by atoms with Crippen molar-refractivity contribution >= 4 is 12.2 Å². The summed E-state index contributed by atoms with van der Waals surface area (Å²) in [6.07, 6.45) is 7.51. The molecule has 2 aliphatic rings. The largest absolute Gasteiger partial charge is 0.341 e. The molecule has 142 valence electrons. The minimum Gasteiger partial charge on any atom is -0.341 e. The summed E-state index contributed by atoms with van der Waals surface area (Å²) in [6.45, 7) is 5.11. The first-order valence-electron chi connectivity index (χ1n) is 9.55. The number of nitrogens with zero attached hydrogens (tertiary/aromatic N) is 3. The molecule has 0 bridgehead atoms. The first-order valence-corrected chi connectivity index (χ1v) is 9.55. The Bertz CT molecular complexity index is 661. The van der Waals surface area contributed by atoms with E-state index in [0.717, 1.165) is 44.2 Å². The van der Waals surface area contributed by atoms with Crippen LogP contribution in [0.25, 0.3) is 0 Å². The monoisotopic (exact) mass is 357 g/mol. The molecule has 2 heterocycles. The van der Waals surface area contributed by atoms with Crippen LogP contribution in [-0.4, -0.2) is 54.2 Å². The van der Waals surface area contributed by atoms with E-state index in [-0.39, 0.29) is 16.9 Å². The molecule has 1 aliphatic carbocycles. The number of carbonyl (C=O) groups is 2. The minimum atomic E-state index is -0.475. The zero-order valence-corrected chi connectivity index (χ0v) is 16.5. The molecular formula is C21H31N3O2. The number of likely N-dealkylation sites (tertiary alicyclic amines) is 1. The molecule has 1 spiro atoms. The summed E-state index contributed by atoms with van der Waals surface area (Å²) in [5, 5.41) is 0. The van der Waals surface area contributed by atoms with Gasteiger partial charge in [0, 0.05) is 31.1 Å². The highest BCUT2D eigenvalue weighted by Crippen LogP contribution is 2.51. The summed E-state index contributed by atoms with van der Waals surface area (Å²) < 4.78 is 0. The highest BCUT2D eigenvalue weighted by atomic mass is 16.2. The van der Waals surface area contributed by atoms with Gasteiger partial charge >= 0.3 is 0 Å². The second-order valence-electron chi connectivity index (χ2n) is 9.17. The van der Waals surface area contributed by atoms with E-state index < -0.39 is 5.41 Å². The summed E-state index contributed by atoms with van der Waals surface area (Å²) in [6, 6.07) is 6.14. The Morgan fingerprint density at radius 1 is 1.23 bits per heavy atom. The number of hydrogen-bond acceptors (Lipinski definition) is 4. The lowest BCUT2D eigenvalue weighted by Gasteiger charge is -2.48. The van der Waals surface area contributed by atoms with Gasteiger partial charge in [-0.3, -0.25) is 14.7 Å². The number of rotatable bonds is 5. The normalized spacial score (nSPS) is 29.6. The minimum absolute atomic E-state index is 0.0506. The fraction of sp³-hybridized carbons (Fsp3) is 0.667. The SMILES string of the molecule is CN(C)C1(c2ccccn2)CCC2(CC1)CC(=O)N(CC(C)(C)C=O)C2. The van der Waals surface area contributed by atoms with Gasteiger partial charge in [0.2, 0.25) is 5.91 Å². The summed E-state index contributed by atoms with van der Waals surface area (Å²) >= 11 is 0. The van der Waals surface area contributed by atoms with Crippen LogP contribution in [0, 0.1) is 10.8 Å². The van der Waals surface area contributed by atoms with Gasteiger partial charge in [0.25, 0.3) is 0 Å². The number of pyridine rings is 1. The molecule has 26 heavy (non-hydrogen) atoms. The zero-order valence-electron chi connectivity index (χ0n) is 16.5. The van der Waals surface area contributed by atoms with E-state index in [0.29, 0.717) is 13.0 Å². The van der Waals surface area contributed by atoms with Crippen molar-refractivity contribution in [1.29, 1.82) is 0 Å². The Balaban J connectivity index is 1.75. The maximum atomic E-state index is 12.6. The van der Waals surface area contributed by atoms with Crippen LogP contribution in [-0.2, 0) is 15.1 Å². The highest BCUT2D eigenvalue weighted by Gasteiger charge is 2.51. The number of aromatic nitrogens is 1. The van der Waals surface area contributed by atoms with Crippen molar-refractivity contribution < 1.29 is 9.59 Å². The van der Waals surface area contributed by atoms with Gasteiger partial charge in [-0.25, -0.2) is 0 Å². The van der Waals surface area contributed by atoms with Crippen LogP contribution in [0.5, 0.6) is 0 Å². The molecule has 3 rings (SSSR count). The highest BCUT2D eigenvalue weighted by molar-refractivity contribution is 5.80. The molecule has 5 heteroatoms.